The average molecular weight is 210 g/mol. The molecule has 0 aliphatic rings. The minimum atomic E-state index is 0.512. The zero-order valence-corrected chi connectivity index (χ0v) is 9.32. The molecule has 0 amide bonds. The Bertz CT molecular complexity index is 303. The Labute approximate surface area is 90.4 Å². The Morgan fingerprint density at radius 3 is 2.80 bits per heavy atom. The Morgan fingerprint density at radius 2 is 2.13 bits per heavy atom. The van der Waals surface area contributed by atoms with E-state index in [2.05, 4.69) is 4.98 Å². The van der Waals surface area contributed by atoms with Crippen molar-refractivity contribution in [2.75, 3.05) is 20.3 Å². The summed E-state index contributed by atoms with van der Waals surface area (Å²) in [5.74, 6) is 0.645. The maximum atomic E-state index is 5.56. The minimum absolute atomic E-state index is 0.512. The van der Waals surface area contributed by atoms with Gasteiger partial charge < -0.3 is 15.2 Å². The highest BCUT2D eigenvalue weighted by molar-refractivity contribution is 5.24. The first-order valence-electron chi connectivity index (χ1n) is 5.05. The van der Waals surface area contributed by atoms with Gasteiger partial charge in [-0.2, -0.15) is 0 Å². The van der Waals surface area contributed by atoms with Gasteiger partial charge in [0, 0.05) is 38.4 Å². The number of rotatable bonds is 6. The van der Waals surface area contributed by atoms with Gasteiger partial charge in [0.2, 0.25) is 5.88 Å². The zero-order chi connectivity index (χ0) is 11.1. The van der Waals surface area contributed by atoms with E-state index in [1.165, 1.54) is 0 Å². The van der Waals surface area contributed by atoms with Crippen LogP contribution in [0.1, 0.15) is 17.7 Å². The standard InChI is InChI=1S/C11H18N2O2/c1-9-6-10(8-12)7-11(13-9)15-5-3-4-14-2/h6-7H,3-5,8,12H2,1-2H3. The maximum absolute atomic E-state index is 5.56. The molecule has 0 saturated carbocycles. The van der Waals surface area contributed by atoms with Gasteiger partial charge in [-0.3, -0.25) is 0 Å². The molecule has 0 unspecified atom stereocenters. The summed E-state index contributed by atoms with van der Waals surface area (Å²) in [5.41, 5.74) is 7.54. The van der Waals surface area contributed by atoms with Crippen molar-refractivity contribution in [3.05, 3.63) is 23.4 Å². The molecule has 0 spiro atoms. The second-order valence-electron chi connectivity index (χ2n) is 3.35. The minimum Gasteiger partial charge on any atom is -0.478 e. The van der Waals surface area contributed by atoms with Crippen LogP contribution in [0.3, 0.4) is 0 Å². The number of aromatic nitrogens is 1. The van der Waals surface area contributed by atoms with Crippen LogP contribution in [0.5, 0.6) is 5.88 Å². The van der Waals surface area contributed by atoms with E-state index in [-0.39, 0.29) is 0 Å². The number of nitrogens with two attached hydrogens (primary N) is 1. The van der Waals surface area contributed by atoms with E-state index >= 15 is 0 Å². The highest BCUT2D eigenvalue weighted by Gasteiger charge is 1.99. The zero-order valence-electron chi connectivity index (χ0n) is 9.32. The number of hydrogen-bond donors (Lipinski definition) is 1. The van der Waals surface area contributed by atoms with Gasteiger partial charge in [-0.1, -0.05) is 0 Å². The molecule has 84 valence electrons. The Kier molecular flexibility index (Phi) is 5.07. The second-order valence-corrected chi connectivity index (χ2v) is 3.35. The number of nitrogens with zero attached hydrogens (tertiary/aromatic N) is 1. The summed E-state index contributed by atoms with van der Waals surface area (Å²) in [4.78, 5) is 4.26. The second kappa shape index (κ2) is 6.37. The summed E-state index contributed by atoms with van der Waals surface area (Å²) in [5, 5.41) is 0. The highest BCUT2D eigenvalue weighted by Crippen LogP contribution is 2.12. The Hall–Kier alpha value is -1.13. The van der Waals surface area contributed by atoms with Crippen LogP contribution in [0, 0.1) is 6.92 Å². The topological polar surface area (TPSA) is 57.4 Å². The highest BCUT2D eigenvalue weighted by atomic mass is 16.5. The number of pyridine rings is 1. The molecular weight excluding hydrogens is 192 g/mol. The molecule has 0 bridgehead atoms. The molecule has 15 heavy (non-hydrogen) atoms. The summed E-state index contributed by atoms with van der Waals surface area (Å²) >= 11 is 0. The lowest BCUT2D eigenvalue weighted by Gasteiger charge is -2.07. The third-order valence-corrected chi connectivity index (χ3v) is 1.97. The van der Waals surface area contributed by atoms with E-state index in [0.717, 1.165) is 17.7 Å². The Balaban J connectivity index is 2.49. The van der Waals surface area contributed by atoms with E-state index in [4.69, 9.17) is 15.2 Å². The first-order valence-corrected chi connectivity index (χ1v) is 5.05. The van der Waals surface area contributed by atoms with E-state index in [1.54, 1.807) is 7.11 Å². The first kappa shape index (κ1) is 11.9. The molecule has 4 nitrogen and oxygen atoms in total. The van der Waals surface area contributed by atoms with E-state index in [9.17, 15) is 0 Å². The summed E-state index contributed by atoms with van der Waals surface area (Å²) in [6.45, 7) is 3.77. The summed E-state index contributed by atoms with van der Waals surface area (Å²) in [7, 11) is 1.68. The number of methoxy groups -OCH3 is 1. The maximum Gasteiger partial charge on any atom is 0.213 e. The molecular formula is C11H18N2O2. The SMILES string of the molecule is COCCCOc1cc(CN)cc(C)n1. The number of ether oxygens (including phenoxy) is 2. The Morgan fingerprint density at radius 1 is 1.33 bits per heavy atom. The lowest BCUT2D eigenvalue weighted by molar-refractivity contribution is 0.170. The third-order valence-electron chi connectivity index (χ3n) is 1.97. The van der Waals surface area contributed by atoms with E-state index < -0.39 is 0 Å². The molecule has 1 aromatic rings. The van der Waals surface area contributed by atoms with Crippen molar-refractivity contribution in [1.29, 1.82) is 0 Å². The van der Waals surface area contributed by atoms with Crippen LogP contribution in [-0.2, 0) is 11.3 Å². The number of hydrogen-bond acceptors (Lipinski definition) is 4. The fourth-order valence-electron chi connectivity index (χ4n) is 1.28. The molecule has 4 heteroatoms. The van der Waals surface area contributed by atoms with Crippen molar-refractivity contribution < 1.29 is 9.47 Å². The van der Waals surface area contributed by atoms with Gasteiger partial charge in [-0.15, -0.1) is 0 Å². The van der Waals surface area contributed by atoms with Gasteiger partial charge in [0.1, 0.15) is 0 Å². The van der Waals surface area contributed by atoms with Gasteiger partial charge in [-0.25, -0.2) is 4.98 Å². The van der Waals surface area contributed by atoms with Gasteiger partial charge in [0.05, 0.1) is 6.61 Å². The molecule has 2 N–H and O–H groups in total. The van der Waals surface area contributed by atoms with Gasteiger partial charge in [0.25, 0.3) is 0 Å². The van der Waals surface area contributed by atoms with Gasteiger partial charge >= 0.3 is 0 Å². The summed E-state index contributed by atoms with van der Waals surface area (Å²) in [6.07, 6.45) is 0.865. The van der Waals surface area contributed by atoms with Crippen LogP contribution in [-0.4, -0.2) is 25.3 Å². The lowest BCUT2D eigenvalue weighted by Crippen LogP contribution is -2.05. The van der Waals surface area contributed by atoms with Crippen molar-refractivity contribution in [2.45, 2.75) is 19.9 Å². The van der Waals surface area contributed by atoms with Crippen molar-refractivity contribution >= 4 is 0 Å². The van der Waals surface area contributed by atoms with Crippen LogP contribution in [0.25, 0.3) is 0 Å². The van der Waals surface area contributed by atoms with Crippen molar-refractivity contribution in [3.8, 4) is 5.88 Å². The monoisotopic (exact) mass is 210 g/mol. The molecule has 0 atom stereocenters. The molecule has 0 aliphatic carbocycles. The number of aryl methyl sites for hydroxylation is 1. The fraction of sp³-hybridized carbons (Fsp3) is 0.545. The summed E-state index contributed by atoms with van der Waals surface area (Å²) in [6, 6.07) is 3.84. The molecule has 0 aliphatic heterocycles. The lowest BCUT2D eigenvalue weighted by atomic mass is 10.2. The molecule has 0 fully saturated rings. The smallest absolute Gasteiger partial charge is 0.213 e. The van der Waals surface area contributed by atoms with Crippen LogP contribution in [0.15, 0.2) is 12.1 Å². The molecule has 0 saturated heterocycles. The van der Waals surface area contributed by atoms with Crippen LogP contribution in [0.2, 0.25) is 0 Å². The summed E-state index contributed by atoms with van der Waals surface area (Å²) < 4.78 is 10.4. The fourth-order valence-corrected chi connectivity index (χ4v) is 1.28. The van der Waals surface area contributed by atoms with Gasteiger partial charge in [-0.05, 0) is 18.6 Å². The quantitative estimate of drug-likeness (QED) is 0.718. The van der Waals surface area contributed by atoms with Crippen LogP contribution >= 0.6 is 0 Å². The predicted octanol–water partition coefficient (Wildman–Crippen LogP) is 1.26. The van der Waals surface area contributed by atoms with Gasteiger partial charge in [0.15, 0.2) is 0 Å². The normalized spacial score (nSPS) is 10.3. The predicted molar refractivity (Wildman–Crippen MR) is 58.9 cm³/mol. The molecule has 0 radical (unpaired) electrons. The van der Waals surface area contributed by atoms with Crippen LogP contribution in [0.4, 0.5) is 0 Å². The molecule has 1 rings (SSSR count). The van der Waals surface area contributed by atoms with E-state index in [0.29, 0.717) is 25.6 Å². The molecule has 1 aromatic heterocycles. The van der Waals surface area contributed by atoms with Crippen molar-refractivity contribution in [1.82, 2.24) is 4.98 Å². The largest absolute Gasteiger partial charge is 0.478 e. The molecule has 1 heterocycles. The average Bonchev–Trinajstić information content (AvgIpc) is 2.23. The van der Waals surface area contributed by atoms with E-state index in [1.807, 2.05) is 19.1 Å². The van der Waals surface area contributed by atoms with Crippen molar-refractivity contribution in [3.63, 3.8) is 0 Å². The third kappa shape index (κ3) is 4.27. The van der Waals surface area contributed by atoms with Crippen molar-refractivity contribution in [2.24, 2.45) is 5.73 Å². The van der Waals surface area contributed by atoms with Crippen LogP contribution < -0.4 is 10.5 Å². The molecule has 0 aromatic carbocycles. The first-order chi connectivity index (χ1) is 7.26.